The van der Waals surface area contributed by atoms with Crippen molar-refractivity contribution >= 4 is 117 Å². The second kappa shape index (κ2) is 13.5. The van der Waals surface area contributed by atoms with E-state index in [9.17, 15) is 0 Å². The van der Waals surface area contributed by atoms with Gasteiger partial charge >= 0.3 is 0 Å². The predicted molar refractivity (Wildman–Crippen MR) is 281 cm³/mol. The maximum absolute atomic E-state index is 2.65. The van der Waals surface area contributed by atoms with Gasteiger partial charge in [0.25, 0.3) is 6.71 Å². The number of anilines is 9. The highest BCUT2D eigenvalue weighted by molar-refractivity contribution is 7.31. The molecular weight excluding hydrogens is 846 g/mol. The van der Waals surface area contributed by atoms with Crippen LogP contribution in [0.1, 0.15) is 49.3 Å². The number of rotatable bonds is 4. The van der Waals surface area contributed by atoms with Crippen LogP contribution in [0.4, 0.5) is 50.5 Å². The standard InChI is InChI=1S/C58H42BN3S3/c1-57(2)40-27-17-29-44-49(40)59(55-52(61(44)38-25-15-8-16-26-38)48(35-19-9-5-10-20-35)53(65-55)36-21-11-6-12-22-36)43-33-39-47(34-42(43)57)64-54-50(39)62-51-41(58(54,3)4)28-18-30-45(51)60(37-23-13-7-14-24-37)46-31-32-63-56(46)62/h5-34H,1-4H3. The average Bonchev–Trinajstić information content (AvgIpc) is 4.09. The third-order valence-corrected chi connectivity index (χ3v) is 18.3. The van der Waals surface area contributed by atoms with Gasteiger partial charge in [0.05, 0.1) is 28.4 Å². The first-order chi connectivity index (χ1) is 31.8. The summed E-state index contributed by atoms with van der Waals surface area (Å²) >= 11 is 5.84. The molecule has 7 heteroatoms. The van der Waals surface area contributed by atoms with Gasteiger partial charge in [0.1, 0.15) is 5.00 Å². The van der Waals surface area contributed by atoms with Crippen LogP contribution in [0.15, 0.2) is 181 Å². The van der Waals surface area contributed by atoms with Crippen LogP contribution >= 0.6 is 34.0 Å². The number of thiophene rings is 3. The van der Waals surface area contributed by atoms with Crippen LogP contribution in [-0.2, 0) is 10.8 Å². The van der Waals surface area contributed by atoms with Gasteiger partial charge in [-0.25, -0.2) is 0 Å². The number of fused-ring (bicyclic) bond motifs is 10. The Morgan fingerprint density at radius 1 is 0.477 bits per heavy atom. The van der Waals surface area contributed by atoms with E-state index in [1.807, 2.05) is 34.0 Å². The number of hydrogen-bond acceptors (Lipinski definition) is 6. The van der Waals surface area contributed by atoms with E-state index in [0.717, 1.165) is 0 Å². The Balaban J connectivity index is 1.08. The molecule has 7 heterocycles. The molecule has 0 radical (unpaired) electrons. The van der Waals surface area contributed by atoms with Crippen LogP contribution in [-0.4, -0.2) is 6.71 Å². The lowest BCUT2D eigenvalue weighted by molar-refractivity contribution is 0.646. The molecule has 3 aromatic heterocycles. The summed E-state index contributed by atoms with van der Waals surface area (Å²) in [4.78, 5) is 10.5. The lowest BCUT2D eigenvalue weighted by Crippen LogP contribution is -2.63. The fourth-order valence-electron chi connectivity index (χ4n) is 11.7. The van der Waals surface area contributed by atoms with Crippen LogP contribution in [0.5, 0.6) is 0 Å². The second-order valence-electron chi connectivity index (χ2n) is 18.8. The molecule has 0 atom stereocenters. The van der Waals surface area contributed by atoms with Gasteiger partial charge in [-0.2, -0.15) is 0 Å². The lowest BCUT2D eigenvalue weighted by Gasteiger charge is -2.46. The summed E-state index contributed by atoms with van der Waals surface area (Å²) in [7, 11) is 0. The van der Waals surface area contributed by atoms with Crippen molar-refractivity contribution in [1.82, 2.24) is 0 Å². The monoisotopic (exact) mass is 887 g/mol. The summed E-state index contributed by atoms with van der Waals surface area (Å²) in [5.41, 5.74) is 20.4. The number of benzene rings is 7. The summed E-state index contributed by atoms with van der Waals surface area (Å²) in [5.74, 6) is 0. The van der Waals surface area contributed by atoms with Crippen molar-refractivity contribution in [2.75, 3.05) is 14.7 Å². The van der Waals surface area contributed by atoms with E-state index in [1.54, 1.807) is 0 Å². The van der Waals surface area contributed by atoms with Crippen LogP contribution in [0.25, 0.3) is 31.7 Å². The van der Waals surface area contributed by atoms with E-state index in [0.29, 0.717) is 0 Å². The highest BCUT2D eigenvalue weighted by atomic mass is 32.1. The van der Waals surface area contributed by atoms with E-state index < -0.39 is 0 Å². The number of nitrogens with zero attached hydrogens (tertiary/aromatic N) is 3. The van der Waals surface area contributed by atoms with Crippen molar-refractivity contribution in [2.24, 2.45) is 0 Å². The topological polar surface area (TPSA) is 9.72 Å². The Bertz CT molecular complexity index is 3570. The van der Waals surface area contributed by atoms with E-state index in [2.05, 4.69) is 224 Å². The van der Waals surface area contributed by atoms with Gasteiger partial charge in [-0.1, -0.05) is 161 Å². The number of para-hydroxylation sites is 3. The van der Waals surface area contributed by atoms with Crippen LogP contribution in [0, 0.1) is 0 Å². The molecule has 4 aliphatic heterocycles. The first kappa shape index (κ1) is 37.7. The average molecular weight is 888 g/mol. The maximum Gasteiger partial charge on any atom is 0.260 e. The largest absolute Gasteiger partial charge is 0.310 e. The zero-order valence-corrected chi connectivity index (χ0v) is 38.9. The summed E-state index contributed by atoms with van der Waals surface area (Å²) in [5, 5.41) is 4.89. The van der Waals surface area contributed by atoms with Crippen molar-refractivity contribution in [1.29, 1.82) is 0 Å². The zero-order valence-electron chi connectivity index (χ0n) is 36.5. The van der Waals surface area contributed by atoms with Gasteiger partial charge in [-0.05, 0) is 87.2 Å². The molecule has 0 amide bonds. The summed E-state index contributed by atoms with van der Waals surface area (Å²) in [6.07, 6.45) is 0. The minimum absolute atomic E-state index is 0.0377. The molecule has 0 spiro atoms. The Morgan fingerprint density at radius 2 is 1.11 bits per heavy atom. The summed E-state index contributed by atoms with van der Waals surface area (Å²) < 4.78 is 2.76. The van der Waals surface area contributed by atoms with Crippen molar-refractivity contribution in [3.8, 4) is 21.6 Å². The normalized spacial score (nSPS) is 15.5. The Morgan fingerprint density at radius 3 is 1.82 bits per heavy atom. The second-order valence-corrected chi connectivity index (χ2v) is 21.8. The SMILES string of the molecule is CC1(C)c2cc3sc4c(c3cc2B2c3sc(-c5ccccc5)c(-c5ccccc5)c3N(c3ccccc3)c3cccc1c32)N1c2sccc2N(c2ccccc2)c2cccc(c21)C4(C)C. The van der Waals surface area contributed by atoms with Gasteiger partial charge < -0.3 is 9.80 Å². The molecule has 14 rings (SSSR count). The smallest absolute Gasteiger partial charge is 0.260 e. The van der Waals surface area contributed by atoms with Crippen LogP contribution in [0.3, 0.4) is 0 Å². The van der Waals surface area contributed by atoms with Crippen molar-refractivity contribution < 1.29 is 0 Å². The summed E-state index contributed by atoms with van der Waals surface area (Å²) in [6.45, 7) is 9.86. The van der Waals surface area contributed by atoms with Crippen molar-refractivity contribution in [3.63, 3.8) is 0 Å². The molecule has 0 saturated heterocycles. The molecule has 0 unspecified atom stereocenters. The molecule has 0 bridgehead atoms. The zero-order chi connectivity index (χ0) is 43.3. The highest BCUT2D eigenvalue weighted by Gasteiger charge is 2.50. The van der Waals surface area contributed by atoms with Crippen LogP contribution in [0.2, 0.25) is 0 Å². The van der Waals surface area contributed by atoms with E-state index in [1.165, 1.54) is 119 Å². The maximum atomic E-state index is 2.65. The Labute approximate surface area is 392 Å². The molecule has 65 heavy (non-hydrogen) atoms. The molecule has 7 aromatic carbocycles. The first-order valence-corrected chi connectivity index (χ1v) is 25.1. The molecule has 0 saturated carbocycles. The molecule has 3 nitrogen and oxygen atoms in total. The molecule has 310 valence electrons. The highest BCUT2D eigenvalue weighted by Crippen LogP contribution is 2.66. The minimum atomic E-state index is -0.245. The van der Waals surface area contributed by atoms with Gasteiger partial charge in [0.2, 0.25) is 0 Å². The molecule has 4 aliphatic rings. The fourth-order valence-corrected chi connectivity index (χ4v) is 15.4. The summed E-state index contributed by atoms with van der Waals surface area (Å²) in [6, 6.07) is 65.8. The van der Waals surface area contributed by atoms with Crippen molar-refractivity contribution in [3.05, 3.63) is 203 Å². The van der Waals surface area contributed by atoms with Crippen molar-refractivity contribution in [2.45, 2.75) is 38.5 Å². The fraction of sp³-hybridized carbons (Fsp3) is 0.103. The quantitative estimate of drug-likeness (QED) is 0.163. The van der Waals surface area contributed by atoms with Gasteiger partial charge in [-0.15, -0.1) is 34.0 Å². The Hall–Kier alpha value is -6.64. The van der Waals surface area contributed by atoms with Crippen LogP contribution < -0.4 is 30.4 Å². The molecule has 0 aliphatic carbocycles. The third kappa shape index (κ3) is 5.01. The molecular formula is C58H42BN3S3. The van der Waals surface area contributed by atoms with E-state index in [-0.39, 0.29) is 17.5 Å². The van der Waals surface area contributed by atoms with Gasteiger partial charge in [-0.3, -0.25) is 4.90 Å². The van der Waals surface area contributed by atoms with Gasteiger partial charge in [0.15, 0.2) is 0 Å². The molecule has 0 N–H and O–H groups in total. The third-order valence-electron chi connectivity index (χ3n) is 14.6. The first-order valence-electron chi connectivity index (χ1n) is 22.5. The van der Waals surface area contributed by atoms with Gasteiger partial charge in [0, 0.05) is 58.1 Å². The Kier molecular flexibility index (Phi) is 7.81. The van der Waals surface area contributed by atoms with E-state index in [4.69, 9.17) is 0 Å². The number of hydrogen-bond donors (Lipinski definition) is 0. The minimum Gasteiger partial charge on any atom is -0.310 e. The lowest BCUT2D eigenvalue weighted by atomic mass is 9.32. The molecule has 10 aromatic rings. The molecule has 0 fully saturated rings. The predicted octanol–water partition coefficient (Wildman–Crippen LogP) is 15.2. The van der Waals surface area contributed by atoms with E-state index >= 15 is 0 Å².